The highest BCUT2D eigenvalue weighted by molar-refractivity contribution is 5.33. The summed E-state index contributed by atoms with van der Waals surface area (Å²) in [6, 6.07) is 7.43. The number of rotatable bonds is 6. The number of hydrogen-bond acceptors (Lipinski definition) is 2. The van der Waals surface area contributed by atoms with Crippen LogP contribution in [-0.2, 0) is 6.54 Å². The quantitative estimate of drug-likeness (QED) is 0.796. The van der Waals surface area contributed by atoms with Crippen LogP contribution in [0.1, 0.15) is 61.6 Å². The van der Waals surface area contributed by atoms with Gasteiger partial charge in [0.1, 0.15) is 0 Å². The van der Waals surface area contributed by atoms with E-state index < -0.39 is 0 Å². The Balaban J connectivity index is 2.11. The van der Waals surface area contributed by atoms with Gasteiger partial charge in [0.15, 0.2) is 0 Å². The van der Waals surface area contributed by atoms with Gasteiger partial charge < -0.3 is 5.73 Å². The third kappa shape index (κ3) is 4.82. The van der Waals surface area contributed by atoms with Gasteiger partial charge in [0, 0.05) is 12.6 Å². The third-order valence-corrected chi connectivity index (χ3v) is 5.00. The number of aryl methyl sites for hydroxylation is 2. The maximum Gasteiger partial charge on any atom is 0.0241 e. The molecule has 1 aromatic rings. The Morgan fingerprint density at radius 2 is 1.67 bits per heavy atom. The molecule has 2 heteroatoms. The van der Waals surface area contributed by atoms with Gasteiger partial charge in [-0.15, -0.1) is 0 Å². The van der Waals surface area contributed by atoms with E-state index >= 15 is 0 Å². The Bertz CT molecular complexity index is 399. The molecule has 0 radical (unpaired) electrons. The average Bonchev–Trinajstić information content (AvgIpc) is 2.75. The monoisotopic (exact) mass is 288 g/mol. The van der Waals surface area contributed by atoms with Crippen molar-refractivity contribution >= 4 is 0 Å². The van der Waals surface area contributed by atoms with Gasteiger partial charge in [0.05, 0.1) is 0 Å². The van der Waals surface area contributed by atoms with Crippen LogP contribution in [0.2, 0.25) is 0 Å². The Morgan fingerprint density at radius 1 is 1.05 bits per heavy atom. The fraction of sp³-hybridized carbons (Fsp3) is 0.684. The van der Waals surface area contributed by atoms with Crippen molar-refractivity contribution in [2.24, 2.45) is 5.73 Å². The van der Waals surface area contributed by atoms with Crippen LogP contribution < -0.4 is 5.73 Å². The first-order valence-electron chi connectivity index (χ1n) is 8.71. The highest BCUT2D eigenvalue weighted by Gasteiger charge is 2.20. The fourth-order valence-corrected chi connectivity index (χ4v) is 3.61. The topological polar surface area (TPSA) is 29.3 Å². The van der Waals surface area contributed by atoms with Crippen molar-refractivity contribution in [1.82, 2.24) is 4.90 Å². The lowest BCUT2D eigenvalue weighted by Crippen LogP contribution is -2.36. The highest BCUT2D eigenvalue weighted by Crippen LogP contribution is 2.25. The maximum atomic E-state index is 5.76. The van der Waals surface area contributed by atoms with E-state index in [1.54, 1.807) is 0 Å². The van der Waals surface area contributed by atoms with Crippen molar-refractivity contribution in [2.45, 2.75) is 71.4 Å². The minimum atomic E-state index is 0.762. The maximum absolute atomic E-state index is 5.76. The van der Waals surface area contributed by atoms with Gasteiger partial charge in [-0.25, -0.2) is 0 Å². The zero-order valence-electron chi connectivity index (χ0n) is 13.9. The standard InChI is InChI=1S/C19H32N2/c1-16-9-7-10-17(2)19(16)15-21(14-8-13-20)18-11-5-3-4-6-12-18/h7,9-10,18H,3-6,8,11-15,20H2,1-2H3. The van der Waals surface area contributed by atoms with E-state index in [1.807, 2.05) is 0 Å². The van der Waals surface area contributed by atoms with Crippen LogP contribution in [0.3, 0.4) is 0 Å². The van der Waals surface area contributed by atoms with Crippen LogP contribution in [0.5, 0.6) is 0 Å². The van der Waals surface area contributed by atoms with Gasteiger partial charge >= 0.3 is 0 Å². The molecule has 0 amide bonds. The molecular formula is C19H32N2. The number of benzene rings is 1. The molecule has 0 saturated heterocycles. The molecule has 2 rings (SSSR count). The summed E-state index contributed by atoms with van der Waals surface area (Å²) in [5.74, 6) is 0. The zero-order chi connectivity index (χ0) is 15.1. The molecule has 2 nitrogen and oxygen atoms in total. The Morgan fingerprint density at radius 3 is 2.24 bits per heavy atom. The van der Waals surface area contributed by atoms with Crippen molar-refractivity contribution in [1.29, 1.82) is 0 Å². The van der Waals surface area contributed by atoms with Crippen molar-refractivity contribution < 1.29 is 0 Å². The second-order valence-corrected chi connectivity index (χ2v) is 6.63. The molecule has 1 fully saturated rings. The molecule has 0 heterocycles. The Hall–Kier alpha value is -0.860. The van der Waals surface area contributed by atoms with Gasteiger partial charge in [-0.2, -0.15) is 0 Å². The van der Waals surface area contributed by atoms with E-state index in [1.165, 1.54) is 55.2 Å². The summed E-state index contributed by atoms with van der Waals surface area (Å²) in [5.41, 5.74) is 10.2. The van der Waals surface area contributed by atoms with Crippen LogP contribution in [0, 0.1) is 13.8 Å². The molecule has 21 heavy (non-hydrogen) atoms. The lowest BCUT2D eigenvalue weighted by Gasteiger charge is -2.32. The van der Waals surface area contributed by atoms with Gasteiger partial charge in [0.25, 0.3) is 0 Å². The van der Waals surface area contributed by atoms with Crippen molar-refractivity contribution in [3.05, 3.63) is 34.9 Å². The molecule has 1 aliphatic rings. The molecule has 0 aliphatic heterocycles. The van der Waals surface area contributed by atoms with Crippen LogP contribution in [0.15, 0.2) is 18.2 Å². The minimum absolute atomic E-state index is 0.762. The van der Waals surface area contributed by atoms with Crippen molar-refractivity contribution in [2.75, 3.05) is 13.1 Å². The number of nitrogens with two attached hydrogens (primary N) is 1. The molecule has 118 valence electrons. The average molecular weight is 288 g/mol. The van der Waals surface area contributed by atoms with Gasteiger partial charge in [-0.1, -0.05) is 43.9 Å². The van der Waals surface area contributed by atoms with Crippen molar-refractivity contribution in [3.8, 4) is 0 Å². The van der Waals surface area contributed by atoms with E-state index in [9.17, 15) is 0 Å². The predicted molar refractivity (Wildman–Crippen MR) is 91.5 cm³/mol. The van der Waals surface area contributed by atoms with E-state index in [0.717, 1.165) is 32.1 Å². The lowest BCUT2D eigenvalue weighted by atomic mass is 10.00. The summed E-state index contributed by atoms with van der Waals surface area (Å²) < 4.78 is 0. The second kappa shape index (κ2) is 8.55. The first-order valence-corrected chi connectivity index (χ1v) is 8.71. The molecule has 0 spiro atoms. The first kappa shape index (κ1) is 16.5. The van der Waals surface area contributed by atoms with Crippen LogP contribution >= 0.6 is 0 Å². The van der Waals surface area contributed by atoms with Crippen LogP contribution in [0.4, 0.5) is 0 Å². The smallest absolute Gasteiger partial charge is 0.0241 e. The zero-order valence-corrected chi connectivity index (χ0v) is 13.9. The summed E-state index contributed by atoms with van der Waals surface area (Å²) in [6.45, 7) is 7.54. The molecular weight excluding hydrogens is 256 g/mol. The highest BCUT2D eigenvalue weighted by atomic mass is 15.2. The number of nitrogens with zero attached hydrogens (tertiary/aromatic N) is 1. The van der Waals surface area contributed by atoms with Gasteiger partial charge in [0.2, 0.25) is 0 Å². The summed E-state index contributed by atoms with van der Waals surface area (Å²) in [6.07, 6.45) is 9.49. The minimum Gasteiger partial charge on any atom is -0.330 e. The van der Waals surface area contributed by atoms with Crippen LogP contribution in [0.25, 0.3) is 0 Å². The van der Waals surface area contributed by atoms with E-state index in [4.69, 9.17) is 5.73 Å². The lowest BCUT2D eigenvalue weighted by molar-refractivity contribution is 0.168. The molecule has 1 aromatic carbocycles. The number of hydrogen-bond donors (Lipinski definition) is 1. The molecule has 2 N–H and O–H groups in total. The van der Waals surface area contributed by atoms with E-state index in [0.29, 0.717) is 0 Å². The summed E-state index contributed by atoms with van der Waals surface area (Å²) >= 11 is 0. The molecule has 0 aromatic heterocycles. The van der Waals surface area contributed by atoms with Gasteiger partial charge in [-0.3, -0.25) is 4.90 Å². The molecule has 0 unspecified atom stereocenters. The summed E-state index contributed by atoms with van der Waals surface area (Å²) in [5, 5.41) is 0. The third-order valence-electron chi connectivity index (χ3n) is 5.00. The summed E-state index contributed by atoms with van der Waals surface area (Å²) in [4.78, 5) is 2.72. The SMILES string of the molecule is Cc1cccc(C)c1CN(CCCN)C1CCCCCC1. The Kier molecular flexibility index (Phi) is 6.72. The van der Waals surface area contributed by atoms with Gasteiger partial charge in [-0.05, 0) is 62.9 Å². The Labute approximate surface area is 130 Å². The van der Waals surface area contributed by atoms with Crippen molar-refractivity contribution in [3.63, 3.8) is 0 Å². The largest absolute Gasteiger partial charge is 0.330 e. The first-order chi connectivity index (χ1) is 10.2. The fourth-order valence-electron chi connectivity index (χ4n) is 3.61. The molecule has 0 bridgehead atoms. The second-order valence-electron chi connectivity index (χ2n) is 6.63. The van der Waals surface area contributed by atoms with E-state index in [2.05, 4.69) is 36.9 Å². The molecule has 1 aliphatic carbocycles. The van der Waals surface area contributed by atoms with Crippen LogP contribution in [-0.4, -0.2) is 24.0 Å². The normalized spacial score (nSPS) is 17.1. The summed E-state index contributed by atoms with van der Waals surface area (Å²) in [7, 11) is 0. The molecule has 1 saturated carbocycles. The predicted octanol–water partition coefficient (Wildman–Crippen LogP) is 4.18. The molecule has 0 atom stereocenters. The van der Waals surface area contributed by atoms with E-state index in [-0.39, 0.29) is 0 Å².